The minimum absolute atomic E-state index is 0.308. The van der Waals surface area contributed by atoms with E-state index in [1.165, 1.54) is 19.3 Å². The van der Waals surface area contributed by atoms with E-state index >= 15 is 0 Å². The highest BCUT2D eigenvalue weighted by molar-refractivity contribution is 5.72. The Morgan fingerprint density at radius 3 is 2.57 bits per heavy atom. The van der Waals surface area contributed by atoms with Crippen LogP contribution in [0.5, 0.6) is 5.75 Å². The van der Waals surface area contributed by atoms with Gasteiger partial charge in [-0.05, 0) is 56.0 Å². The molecule has 1 unspecified atom stereocenters. The lowest BCUT2D eigenvalue weighted by Gasteiger charge is -2.28. The van der Waals surface area contributed by atoms with Crippen LogP contribution in [0.2, 0.25) is 0 Å². The molecule has 1 aromatic carbocycles. The van der Waals surface area contributed by atoms with E-state index < -0.39 is 12.1 Å². The summed E-state index contributed by atoms with van der Waals surface area (Å²) in [5.74, 6) is 0.145. The summed E-state index contributed by atoms with van der Waals surface area (Å²) in [7, 11) is 0. The molecule has 0 radical (unpaired) electrons. The molecular formula is C19H29NO3. The zero-order valence-corrected chi connectivity index (χ0v) is 14.5. The number of hydrogen-bond acceptors (Lipinski definition) is 3. The first kappa shape index (κ1) is 17.8. The molecule has 1 saturated heterocycles. The van der Waals surface area contributed by atoms with Gasteiger partial charge in [0.25, 0.3) is 0 Å². The number of carboxylic acid groups (broad SMARTS) is 1. The van der Waals surface area contributed by atoms with Crippen molar-refractivity contribution >= 4 is 5.97 Å². The number of aryl methyl sites for hydroxylation is 1. The largest absolute Gasteiger partial charge is 0.479 e. The molecule has 1 aromatic rings. The molecule has 128 valence electrons. The van der Waals surface area contributed by atoms with E-state index in [1.54, 1.807) is 0 Å². The standard InChI is InChI=1S/C19H29NO3/c1-14(2)16-8-7-15(3)13-18(16)23-17(19(21)22)9-12-20-10-5-4-6-11-20/h7-8,13-14,17H,4-6,9-12H2,1-3H3,(H,21,22). The first-order chi connectivity index (χ1) is 11.0. The van der Waals surface area contributed by atoms with Crippen LogP contribution in [0.3, 0.4) is 0 Å². The zero-order chi connectivity index (χ0) is 16.8. The molecule has 1 N–H and O–H groups in total. The maximum Gasteiger partial charge on any atom is 0.344 e. The first-order valence-electron chi connectivity index (χ1n) is 8.69. The number of ether oxygens (including phenoxy) is 1. The second kappa shape index (κ2) is 8.34. The Kier molecular flexibility index (Phi) is 6.46. The van der Waals surface area contributed by atoms with Crippen LogP contribution in [0.25, 0.3) is 0 Å². The second-order valence-corrected chi connectivity index (χ2v) is 6.83. The van der Waals surface area contributed by atoms with Crippen molar-refractivity contribution in [2.24, 2.45) is 0 Å². The normalized spacial score (nSPS) is 17.2. The smallest absolute Gasteiger partial charge is 0.344 e. The van der Waals surface area contributed by atoms with Crippen LogP contribution in [0.4, 0.5) is 0 Å². The summed E-state index contributed by atoms with van der Waals surface area (Å²) in [6.07, 6.45) is 3.47. The summed E-state index contributed by atoms with van der Waals surface area (Å²) in [5.41, 5.74) is 2.16. The van der Waals surface area contributed by atoms with Gasteiger partial charge in [-0.1, -0.05) is 32.4 Å². The molecule has 2 rings (SSSR count). The average Bonchev–Trinajstić information content (AvgIpc) is 2.51. The predicted octanol–water partition coefficient (Wildman–Crippen LogP) is 3.83. The number of likely N-dealkylation sites (tertiary alicyclic amines) is 1. The predicted molar refractivity (Wildman–Crippen MR) is 92.2 cm³/mol. The Morgan fingerprint density at radius 1 is 1.26 bits per heavy atom. The van der Waals surface area contributed by atoms with Gasteiger partial charge in [0.05, 0.1) is 0 Å². The fourth-order valence-electron chi connectivity index (χ4n) is 3.09. The molecule has 1 atom stereocenters. The Hall–Kier alpha value is -1.55. The highest BCUT2D eigenvalue weighted by Gasteiger charge is 2.23. The molecule has 1 aliphatic rings. The van der Waals surface area contributed by atoms with E-state index in [0.717, 1.165) is 30.8 Å². The van der Waals surface area contributed by atoms with Gasteiger partial charge >= 0.3 is 5.97 Å². The fraction of sp³-hybridized carbons (Fsp3) is 0.632. The van der Waals surface area contributed by atoms with Gasteiger partial charge in [-0.15, -0.1) is 0 Å². The van der Waals surface area contributed by atoms with Crippen molar-refractivity contribution in [2.75, 3.05) is 19.6 Å². The van der Waals surface area contributed by atoms with Crippen molar-refractivity contribution in [3.8, 4) is 5.75 Å². The monoisotopic (exact) mass is 319 g/mol. The molecule has 0 spiro atoms. The van der Waals surface area contributed by atoms with E-state index in [-0.39, 0.29) is 0 Å². The molecule has 0 amide bonds. The van der Waals surface area contributed by atoms with Gasteiger partial charge in [-0.3, -0.25) is 0 Å². The quantitative estimate of drug-likeness (QED) is 0.830. The Bertz CT molecular complexity index is 521. The summed E-state index contributed by atoms with van der Waals surface area (Å²) >= 11 is 0. The van der Waals surface area contributed by atoms with Crippen LogP contribution in [0.15, 0.2) is 18.2 Å². The molecule has 23 heavy (non-hydrogen) atoms. The van der Waals surface area contributed by atoms with Gasteiger partial charge in [-0.25, -0.2) is 4.79 Å². The molecule has 0 saturated carbocycles. The number of piperidine rings is 1. The van der Waals surface area contributed by atoms with Gasteiger partial charge < -0.3 is 14.7 Å². The zero-order valence-electron chi connectivity index (χ0n) is 14.5. The number of nitrogens with zero attached hydrogens (tertiary/aromatic N) is 1. The Labute approximate surface area is 139 Å². The van der Waals surface area contributed by atoms with Gasteiger partial charge in [0, 0.05) is 13.0 Å². The third kappa shape index (κ3) is 5.24. The van der Waals surface area contributed by atoms with Crippen molar-refractivity contribution in [3.63, 3.8) is 0 Å². The minimum Gasteiger partial charge on any atom is -0.479 e. The van der Waals surface area contributed by atoms with E-state index in [2.05, 4.69) is 18.7 Å². The van der Waals surface area contributed by atoms with Crippen molar-refractivity contribution in [3.05, 3.63) is 29.3 Å². The molecule has 0 aliphatic carbocycles. The lowest BCUT2D eigenvalue weighted by molar-refractivity contribution is -0.145. The lowest BCUT2D eigenvalue weighted by atomic mass is 10.0. The summed E-state index contributed by atoms with van der Waals surface area (Å²) < 4.78 is 5.91. The summed E-state index contributed by atoms with van der Waals surface area (Å²) in [6, 6.07) is 6.04. The maximum atomic E-state index is 11.6. The Balaban J connectivity index is 2.04. The third-order valence-electron chi connectivity index (χ3n) is 4.49. The van der Waals surface area contributed by atoms with E-state index in [9.17, 15) is 9.90 Å². The van der Waals surface area contributed by atoms with Crippen molar-refractivity contribution in [1.29, 1.82) is 0 Å². The number of rotatable bonds is 7. The SMILES string of the molecule is Cc1ccc(C(C)C)c(OC(CCN2CCCCC2)C(=O)O)c1. The second-order valence-electron chi connectivity index (χ2n) is 6.83. The van der Waals surface area contributed by atoms with E-state index in [1.807, 2.05) is 25.1 Å². The fourth-order valence-corrected chi connectivity index (χ4v) is 3.09. The van der Waals surface area contributed by atoms with Crippen molar-refractivity contribution < 1.29 is 14.6 Å². The van der Waals surface area contributed by atoms with Gasteiger partial charge in [0.15, 0.2) is 6.10 Å². The Morgan fingerprint density at radius 2 is 1.96 bits per heavy atom. The van der Waals surface area contributed by atoms with Crippen LogP contribution >= 0.6 is 0 Å². The number of aliphatic carboxylic acids is 1. The van der Waals surface area contributed by atoms with Crippen molar-refractivity contribution in [1.82, 2.24) is 4.90 Å². The minimum atomic E-state index is -0.877. The summed E-state index contributed by atoms with van der Waals surface area (Å²) in [5, 5.41) is 9.52. The molecule has 4 nitrogen and oxygen atoms in total. The van der Waals surface area contributed by atoms with Crippen LogP contribution in [-0.4, -0.2) is 41.7 Å². The maximum absolute atomic E-state index is 11.6. The summed E-state index contributed by atoms with van der Waals surface area (Å²) in [6.45, 7) is 9.14. The lowest BCUT2D eigenvalue weighted by Crippen LogP contribution is -2.36. The average molecular weight is 319 g/mol. The molecule has 0 aromatic heterocycles. The van der Waals surface area contributed by atoms with Gasteiger partial charge in [0.1, 0.15) is 5.75 Å². The first-order valence-corrected chi connectivity index (χ1v) is 8.69. The number of hydrogen-bond donors (Lipinski definition) is 1. The molecule has 0 bridgehead atoms. The third-order valence-corrected chi connectivity index (χ3v) is 4.49. The van der Waals surface area contributed by atoms with Crippen LogP contribution in [0, 0.1) is 6.92 Å². The topological polar surface area (TPSA) is 49.8 Å². The molecule has 4 heteroatoms. The van der Waals surface area contributed by atoms with E-state index in [4.69, 9.17) is 4.74 Å². The van der Waals surface area contributed by atoms with Gasteiger partial charge in [0.2, 0.25) is 0 Å². The number of benzene rings is 1. The summed E-state index contributed by atoms with van der Waals surface area (Å²) in [4.78, 5) is 13.9. The van der Waals surface area contributed by atoms with Crippen LogP contribution < -0.4 is 4.74 Å². The van der Waals surface area contributed by atoms with Crippen LogP contribution in [-0.2, 0) is 4.79 Å². The van der Waals surface area contributed by atoms with Crippen LogP contribution in [0.1, 0.15) is 56.6 Å². The highest BCUT2D eigenvalue weighted by atomic mass is 16.5. The van der Waals surface area contributed by atoms with Gasteiger partial charge in [-0.2, -0.15) is 0 Å². The highest BCUT2D eigenvalue weighted by Crippen LogP contribution is 2.29. The molecular weight excluding hydrogens is 290 g/mol. The number of carboxylic acids is 1. The van der Waals surface area contributed by atoms with Crippen molar-refractivity contribution in [2.45, 2.75) is 58.5 Å². The molecule has 1 fully saturated rings. The number of carbonyl (C=O) groups is 1. The molecule has 1 aliphatic heterocycles. The van der Waals surface area contributed by atoms with E-state index in [0.29, 0.717) is 18.1 Å². The molecule has 1 heterocycles.